The summed E-state index contributed by atoms with van der Waals surface area (Å²) in [6, 6.07) is 10.2. The molecule has 1 aliphatic rings. The van der Waals surface area contributed by atoms with Crippen LogP contribution in [0.1, 0.15) is 40.0 Å². The molecule has 1 aromatic carbocycles. The number of benzene rings is 1. The van der Waals surface area contributed by atoms with Gasteiger partial charge in [0.2, 0.25) is 5.95 Å². The predicted octanol–water partition coefficient (Wildman–Crippen LogP) is 4.73. The molecular weight excluding hydrogens is 517 g/mol. The van der Waals surface area contributed by atoms with Gasteiger partial charge in [0.1, 0.15) is 5.82 Å². The summed E-state index contributed by atoms with van der Waals surface area (Å²) in [6.45, 7) is 0.993. The molecule has 1 fully saturated rings. The van der Waals surface area contributed by atoms with Gasteiger partial charge >= 0.3 is 6.18 Å². The molecule has 0 atom stereocenters. The number of aliphatic hydroxyl groups is 1. The van der Waals surface area contributed by atoms with Crippen molar-refractivity contribution in [3.05, 3.63) is 71.2 Å². The van der Waals surface area contributed by atoms with E-state index in [-0.39, 0.29) is 30.1 Å². The summed E-state index contributed by atoms with van der Waals surface area (Å²) in [5, 5.41) is 12.6. The number of amides is 1. The van der Waals surface area contributed by atoms with Crippen molar-refractivity contribution in [1.82, 2.24) is 19.9 Å². The van der Waals surface area contributed by atoms with Crippen molar-refractivity contribution in [2.75, 3.05) is 36.0 Å². The van der Waals surface area contributed by atoms with Gasteiger partial charge in [0.15, 0.2) is 0 Å². The number of nitrogens with zero attached hydrogens (tertiary/aromatic N) is 5. The molecule has 1 saturated heterocycles. The number of anilines is 3. The van der Waals surface area contributed by atoms with Crippen LogP contribution in [0.15, 0.2) is 48.8 Å². The highest BCUT2D eigenvalue weighted by atomic mass is 32.2. The minimum Gasteiger partial charge on any atom is -0.393 e. The molecule has 2 aromatic heterocycles. The molecule has 8 nitrogen and oxygen atoms in total. The lowest BCUT2D eigenvalue weighted by Gasteiger charge is -2.29. The molecule has 2 N–H and O–H groups in total. The first kappa shape index (κ1) is 27.6. The fourth-order valence-corrected chi connectivity index (χ4v) is 4.57. The Balaban J connectivity index is 1.49. The van der Waals surface area contributed by atoms with Crippen molar-refractivity contribution in [2.45, 2.75) is 38.0 Å². The number of alkyl halides is 3. The summed E-state index contributed by atoms with van der Waals surface area (Å²) in [5.41, 5.74) is 0.852. The highest BCUT2D eigenvalue weighted by molar-refractivity contribution is 7.99. The average Bonchev–Trinajstić information content (AvgIpc) is 2.91. The average molecular weight is 547 g/mol. The van der Waals surface area contributed by atoms with E-state index in [2.05, 4.69) is 20.3 Å². The predicted molar refractivity (Wildman–Crippen MR) is 141 cm³/mol. The molecule has 0 spiro atoms. The molecule has 0 radical (unpaired) electrons. The van der Waals surface area contributed by atoms with Crippen LogP contribution in [0.4, 0.5) is 30.6 Å². The van der Waals surface area contributed by atoms with E-state index in [9.17, 15) is 23.1 Å². The van der Waals surface area contributed by atoms with Crippen molar-refractivity contribution in [3.63, 3.8) is 0 Å². The number of hydrogen-bond donors (Lipinski definition) is 2. The third-order valence-corrected chi connectivity index (χ3v) is 7.10. The van der Waals surface area contributed by atoms with Crippen molar-refractivity contribution in [2.24, 2.45) is 0 Å². The quantitative estimate of drug-likeness (QED) is 0.392. The number of carbonyl (C=O) groups excluding carboxylic acids is 1. The maximum atomic E-state index is 13.7. The molecule has 38 heavy (non-hydrogen) atoms. The lowest BCUT2D eigenvalue weighted by atomic mass is 10.1. The normalized spacial score (nSPS) is 14.4. The van der Waals surface area contributed by atoms with Crippen LogP contribution in [-0.4, -0.2) is 63.4 Å². The standard InChI is InChI=1S/C26H29F3N6O2S/c1-34(38-2)23-17(4-3-13-30-23)7-10-22-21(26(27,28)29)16-31-25(33-22)32-19-8-5-18(6-9-19)24(37)35-14-11-20(36)12-15-35/h3-6,8-9,13,16,20,36H,7,10-12,14-15H2,1-2H3,(H,31,32,33). The van der Waals surface area contributed by atoms with Crippen molar-refractivity contribution < 1.29 is 23.1 Å². The second-order valence-electron chi connectivity index (χ2n) is 8.94. The number of carbonyl (C=O) groups is 1. The number of rotatable bonds is 8. The number of halogens is 3. The third kappa shape index (κ3) is 6.73. The summed E-state index contributed by atoms with van der Waals surface area (Å²) in [6.07, 6.45) is 0.842. The number of pyridine rings is 1. The van der Waals surface area contributed by atoms with Crippen LogP contribution in [0.5, 0.6) is 0 Å². The first-order chi connectivity index (χ1) is 18.2. The molecule has 3 heterocycles. The van der Waals surface area contributed by atoms with E-state index in [1.807, 2.05) is 23.7 Å². The fraction of sp³-hybridized carbons (Fsp3) is 0.385. The molecular formula is C26H29F3N6O2S. The van der Waals surface area contributed by atoms with Gasteiger partial charge < -0.3 is 19.6 Å². The van der Waals surface area contributed by atoms with Gasteiger partial charge in [-0.05, 0) is 61.6 Å². The van der Waals surface area contributed by atoms with Gasteiger partial charge in [-0.25, -0.2) is 15.0 Å². The van der Waals surface area contributed by atoms with Gasteiger partial charge in [-0.3, -0.25) is 4.79 Å². The summed E-state index contributed by atoms with van der Waals surface area (Å²) in [7, 11) is 1.85. The second kappa shape index (κ2) is 12.0. The molecule has 1 amide bonds. The second-order valence-corrected chi connectivity index (χ2v) is 9.86. The Morgan fingerprint density at radius 2 is 1.87 bits per heavy atom. The minimum absolute atomic E-state index is 0.0322. The zero-order valence-electron chi connectivity index (χ0n) is 21.1. The molecule has 3 aromatic rings. The Hall–Kier alpha value is -3.38. The monoisotopic (exact) mass is 546 g/mol. The van der Waals surface area contributed by atoms with Crippen molar-refractivity contribution in [1.29, 1.82) is 0 Å². The van der Waals surface area contributed by atoms with Crippen LogP contribution < -0.4 is 9.62 Å². The lowest BCUT2D eigenvalue weighted by Crippen LogP contribution is -2.40. The number of aryl methyl sites for hydroxylation is 2. The van der Waals surface area contributed by atoms with E-state index in [0.717, 1.165) is 11.8 Å². The van der Waals surface area contributed by atoms with Gasteiger partial charge in [-0.1, -0.05) is 18.0 Å². The first-order valence-corrected chi connectivity index (χ1v) is 13.3. The molecule has 0 bridgehead atoms. The number of nitrogens with one attached hydrogen (secondary N) is 1. The number of aromatic nitrogens is 3. The van der Waals surface area contributed by atoms with Gasteiger partial charge in [0.25, 0.3) is 5.91 Å². The van der Waals surface area contributed by atoms with Gasteiger partial charge in [-0.15, -0.1) is 0 Å². The minimum atomic E-state index is -4.59. The van der Waals surface area contributed by atoms with Crippen LogP contribution in [0.25, 0.3) is 0 Å². The zero-order valence-corrected chi connectivity index (χ0v) is 21.9. The molecule has 0 unspecified atom stereocenters. The Bertz CT molecular complexity index is 1250. The van der Waals surface area contributed by atoms with Crippen LogP contribution >= 0.6 is 11.9 Å². The largest absolute Gasteiger partial charge is 0.419 e. The summed E-state index contributed by atoms with van der Waals surface area (Å²) >= 11 is 1.46. The molecule has 12 heteroatoms. The van der Waals surface area contributed by atoms with Gasteiger partial charge in [0, 0.05) is 50.0 Å². The molecule has 4 rings (SSSR count). The van der Waals surface area contributed by atoms with E-state index in [0.29, 0.717) is 49.4 Å². The molecule has 1 aliphatic heterocycles. The molecule has 0 saturated carbocycles. The van der Waals surface area contributed by atoms with E-state index >= 15 is 0 Å². The summed E-state index contributed by atoms with van der Waals surface area (Å²) in [5.74, 6) is 0.597. The van der Waals surface area contributed by atoms with Crippen molar-refractivity contribution in [3.8, 4) is 0 Å². The summed E-state index contributed by atoms with van der Waals surface area (Å²) < 4.78 is 43.0. The number of hydrogen-bond acceptors (Lipinski definition) is 8. The highest BCUT2D eigenvalue weighted by Crippen LogP contribution is 2.33. The maximum Gasteiger partial charge on any atom is 0.419 e. The van der Waals surface area contributed by atoms with Crippen LogP contribution in [0, 0.1) is 0 Å². The topological polar surface area (TPSA) is 94.5 Å². The smallest absolute Gasteiger partial charge is 0.393 e. The van der Waals surface area contributed by atoms with Crippen molar-refractivity contribution >= 4 is 35.3 Å². The van der Waals surface area contributed by atoms with Gasteiger partial charge in [-0.2, -0.15) is 13.2 Å². The Morgan fingerprint density at radius 1 is 1.16 bits per heavy atom. The summed E-state index contributed by atoms with van der Waals surface area (Å²) in [4.78, 5) is 26.9. The Morgan fingerprint density at radius 3 is 2.53 bits per heavy atom. The Kier molecular flexibility index (Phi) is 8.72. The van der Waals surface area contributed by atoms with E-state index in [1.54, 1.807) is 41.4 Å². The molecule has 202 valence electrons. The first-order valence-electron chi connectivity index (χ1n) is 12.1. The van der Waals surface area contributed by atoms with Gasteiger partial charge in [0.05, 0.1) is 17.4 Å². The number of piperidine rings is 1. The van der Waals surface area contributed by atoms with Crippen LogP contribution in [0.3, 0.4) is 0 Å². The number of aliphatic hydroxyl groups excluding tert-OH is 1. The van der Waals surface area contributed by atoms with E-state index < -0.39 is 11.7 Å². The highest BCUT2D eigenvalue weighted by Gasteiger charge is 2.35. The number of likely N-dealkylation sites (tertiary alicyclic amines) is 1. The lowest BCUT2D eigenvalue weighted by molar-refractivity contribution is -0.138. The van der Waals surface area contributed by atoms with E-state index in [4.69, 9.17) is 0 Å². The maximum absolute atomic E-state index is 13.7. The SMILES string of the molecule is CSN(C)c1ncccc1CCc1nc(Nc2ccc(C(=O)N3CCC(O)CC3)cc2)ncc1C(F)(F)F. The fourth-order valence-electron chi connectivity index (χ4n) is 4.23. The third-order valence-electron chi connectivity index (χ3n) is 6.38. The molecule has 0 aliphatic carbocycles. The van der Waals surface area contributed by atoms with E-state index in [1.165, 1.54) is 11.9 Å². The Labute approximate surface area is 223 Å². The van der Waals surface area contributed by atoms with Crippen LogP contribution in [0.2, 0.25) is 0 Å². The van der Waals surface area contributed by atoms with Crippen LogP contribution in [-0.2, 0) is 19.0 Å². The zero-order chi connectivity index (χ0) is 27.3.